The van der Waals surface area contributed by atoms with E-state index in [1.807, 2.05) is 35.8 Å². The molecule has 0 aliphatic carbocycles. The van der Waals surface area contributed by atoms with E-state index < -0.39 is 12.0 Å². The van der Waals surface area contributed by atoms with Crippen LogP contribution in [0.1, 0.15) is 64.0 Å². The Balaban J connectivity index is 1.63. The zero-order valence-corrected chi connectivity index (χ0v) is 18.7. The molecule has 32 heavy (non-hydrogen) atoms. The van der Waals surface area contributed by atoms with Crippen molar-refractivity contribution in [2.75, 3.05) is 11.9 Å². The molecule has 4 rings (SSSR count). The Morgan fingerprint density at radius 3 is 2.59 bits per heavy atom. The molecular formula is C26H30FN3O2. The maximum atomic E-state index is 15.0. The lowest BCUT2D eigenvalue weighted by molar-refractivity contribution is -0.139. The molecule has 0 saturated heterocycles. The zero-order valence-electron chi connectivity index (χ0n) is 18.7. The third-order valence-corrected chi connectivity index (χ3v) is 5.98. The van der Waals surface area contributed by atoms with E-state index in [1.165, 1.54) is 25.3 Å². The van der Waals surface area contributed by atoms with Crippen molar-refractivity contribution in [1.82, 2.24) is 9.55 Å². The SMILES string of the molecule is CCCCCCCCOC(=O)C1=C(C)Nc2nc3ccccc3n2[C@@H]1c1ccccc1F. The predicted molar refractivity (Wildman–Crippen MR) is 125 cm³/mol. The Labute approximate surface area is 188 Å². The number of fused-ring (bicyclic) bond motifs is 3. The van der Waals surface area contributed by atoms with Gasteiger partial charge in [0, 0.05) is 11.3 Å². The molecule has 1 N–H and O–H groups in total. The molecule has 1 atom stereocenters. The molecule has 2 heterocycles. The number of halogens is 1. The van der Waals surface area contributed by atoms with Crippen LogP contribution in [0.3, 0.4) is 0 Å². The molecule has 0 fully saturated rings. The number of hydrogen-bond donors (Lipinski definition) is 1. The van der Waals surface area contributed by atoms with Crippen LogP contribution in [0.15, 0.2) is 59.8 Å². The van der Waals surface area contributed by atoms with Gasteiger partial charge in [-0.2, -0.15) is 0 Å². The highest BCUT2D eigenvalue weighted by atomic mass is 19.1. The Kier molecular flexibility index (Phi) is 6.88. The van der Waals surface area contributed by atoms with Crippen molar-refractivity contribution in [1.29, 1.82) is 0 Å². The van der Waals surface area contributed by atoms with Gasteiger partial charge < -0.3 is 10.1 Å². The minimum absolute atomic E-state index is 0.364. The minimum Gasteiger partial charge on any atom is -0.462 e. The molecule has 0 spiro atoms. The van der Waals surface area contributed by atoms with E-state index >= 15 is 0 Å². The molecule has 1 aromatic heterocycles. The van der Waals surface area contributed by atoms with Crippen molar-refractivity contribution in [2.24, 2.45) is 0 Å². The van der Waals surface area contributed by atoms with Crippen molar-refractivity contribution >= 4 is 23.0 Å². The summed E-state index contributed by atoms with van der Waals surface area (Å²) < 4.78 is 22.5. The van der Waals surface area contributed by atoms with E-state index in [-0.39, 0.29) is 5.82 Å². The first-order valence-electron chi connectivity index (χ1n) is 11.5. The number of benzene rings is 2. The normalized spacial score (nSPS) is 15.5. The summed E-state index contributed by atoms with van der Waals surface area (Å²) in [7, 11) is 0. The quantitative estimate of drug-likeness (QED) is 0.313. The van der Waals surface area contributed by atoms with Gasteiger partial charge in [-0.1, -0.05) is 69.4 Å². The molecule has 1 aliphatic heterocycles. The number of unbranched alkanes of at least 4 members (excludes halogenated alkanes) is 5. The minimum atomic E-state index is -0.656. The molecule has 1 aliphatic rings. The molecule has 5 nitrogen and oxygen atoms in total. The Morgan fingerprint density at radius 2 is 1.78 bits per heavy atom. The van der Waals surface area contributed by atoms with Crippen molar-refractivity contribution < 1.29 is 13.9 Å². The Bertz CT molecular complexity index is 1140. The van der Waals surface area contributed by atoms with E-state index in [0.29, 0.717) is 29.4 Å². The largest absolute Gasteiger partial charge is 0.462 e. The number of ether oxygens (including phenoxy) is 1. The first-order valence-corrected chi connectivity index (χ1v) is 11.5. The van der Waals surface area contributed by atoms with Crippen LogP contribution >= 0.6 is 0 Å². The number of allylic oxidation sites excluding steroid dienone is 1. The first kappa shape index (κ1) is 22.1. The van der Waals surface area contributed by atoms with E-state index in [9.17, 15) is 9.18 Å². The van der Waals surface area contributed by atoms with Crippen LogP contribution in [-0.4, -0.2) is 22.1 Å². The van der Waals surface area contributed by atoms with Gasteiger partial charge >= 0.3 is 5.97 Å². The Hall–Kier alpha value is -3.15. The lowest BCUT2D eigenvalue weighted by atomic mass is 9.94. The van der Waals surface area contributed by atoms with Gasteiger partial charge in [-0.05, 0) is 31.5 Å². The Morgan fingerprint density at radius 1 is 1.06 bits per heavy atom. The number of carbonyl (C=O) groups excluding carboxylic acids is 1. The number of anilines is 1. The first-order chi connectivity index (χ1) is 15.6. The number of rotatable bonds is 9. The number of aromatic nitrogens is 2. The van der Waals surface area contributed by atoms with Crippen LogP contribution < -0.4 is 5.32 Å². The summed E-state index contributed by atoms with van der Waals surface area (Å²) in [5.41, 5.74) is 3.08. The summed E-state index contributed by atoms with van der Waals surface area (Å²) >= 11 is 0. The van der Waals surface area contributed by atoms with Crippen molar-refractivity contribution in [3.05, 3.63) is 71.2 Å². The van der Waals surface area contributed by atoms with Gasteiger partial charge in [-0.3, -0.25) is 4.57 Å². The second-order valence-corrected chi connectivity index (χ2v) is 8.29. The van der Waals surface area contributed by atoms with Crippen LogP contribution in [0, 0.1) is 5.82 Å². The fraction of sp³-hybridized carbons (Fsp3) is 0.385. The molecule has 2 aromatic carbocycles. The van der Waals surface area contributed by atoms with Crippen molar-refractivity contribution in [3.8, 4) is 0 Å². The molecule has 6 heteroatoms. The van der Waals surface area contributed by atoms with E-state index in [4.69, 9.17) is 4.74 Å². The highest BCUT2D eigenvalue weighted by Gasteiger charge is 2.36. The molecular weight excluding hydrogens is 405 g/mol. The van der Waals surface area contributed by atoms with Gasteiger partial charge in [0.2, 0.25) is 5.95 Å². The van der Waals surface area contributed by atoms with Crippen LogP contribution in [0.5, 0.6) is 0 Å². The predicted octanol–water partition coefficient (Wildman–Crippen LogP) is 6.37. The molecule has 3 aromatic rings. The summed E-state index contributed by atoms with van der Waals surface area (Å²) in [6.07, 6.45) is 6.68. The number of para-hydroxylation sites is 2. The lowest BCUT2D eigenvalue weighted by Gasteiger charge is -2.30. The smallest absolute Gasteiger partial charge is 0.338 e. The monoisotopic (exact) mass is 435 g/mol. The van der Waals surface area contributed by atoms with Crippen LogP contribution in [-0.2, 0) is 9.53 Å². The zero-order chi connectivity index (χ0) is 22.5. The fourth-order valence-corrected chi connectivity index (χ4v) is 4.34. The number of carbonyl (C=O) groups is 1. The number of nitrogens with zero attached hydrogens (tertiary/aromatic N) is 2. The van der Waals surface area contributed by atoms with Gasteiger partial charge in [0.25, 0.3) is 0 Å². The summed E-state index contributed by atoms with van der Waals surface area (Å²) in [4.78, 5) is 17.9. The summed E-state index contributed by atoms with van der Waals surface area (Å²) in [6.45, 7) is 4.37. The third-order valence-electron chi connectivity index (χ3n) is 5.98. The number of nitrogens with one attached hydrogen (secondary N) is 1. The average molecular weight is 436 g/mol. The average Bonchev–Trinajstić information content (AvgIpc) is 3.15. The highest BCUT2D eigenvalue weighted by Crippen LogP contribution is 2.40. The van der Waals surface area contributed by atoms with Crippen LogP contribution in [0.25, 0.3) is 11.0 Å². The third kappa shape index (κ3) is 4.40. The van der Waals surface area contributed by atoms with E-state index in [0.717, 1.165) is 30.3 Å². The number of imidazole rings is 1. The second kappa shape index (κ2) is 9.98. The standard InChI is InChI=1S/C26H30FN3O2/c1-3-4-5-6-7-12-17-32-25(31)23-18(2)28-26-29-21-15-10-11-16-22(21)30(26)24(23)19-13-8-9-14-20(19)27/h8-11,13-16,24H,3-7,12,17H2,1-2H3,(H,28,29)/t24-/m1/s1. The molecule has 168 valence electrons. The van der Waals surface area contributed by atoms with Gasteiger partial charge in [-0.15, -0.1) is 0 Å². The topological polar surface area (TPSA) is 56.1 Å². The molecule has 0 bridgehead atoms. The maximum Gasteiger partial charge on any atom is 0.338 e. The summed E-state index contributed by atoms with van der Waals surface area (Å²) in [6, 6.07) is 13.6. The lowest BCUT2D eigenvalue weighted by Crippen LogP contribution is -2.29. The number of hydrogen-bond acceptors (Lipinski definition) is 4. The number of esters is 1. The highest BCUT2D eigenvalue weighted by molar-refractivity contribution is 5.94. The molecule has 0 saturated carbocycles. The fourth-order valence-electron chi connectivity index (χ4n) is 4.34. The van der Waals surface area contributed by atoms with E-state index in [1.54, 1.807) is 18.2 Å². The van der Waals surface area contributed by atoms with Gasteiger partial charge in [0.15, 0.2) is 0 Å². The van der Waals surface area contributed by atoms with Crippen LogP contribution in [0.4, 0.5) is 10.3 Å². The summed E-state index contributed by atoms with van der Waals surface area (Å²) in [5.74, 6) is -0.193. The van der Waals surface area contributed by atoms with Gasteiger partial charge in [-0.25, -0.2) is 14.2 Å². The molecule has 0 unspecified atom stereocenters. The molecule has 0 amide bonds. The van der Waals surface area contributed by atoms with Gasteiger partial charge in [0.1, 0.15) is 5.82 Å². The summed E-state index contributed by atoms with van der Waals surface area (Å²) in [5, 5.41) is 3.23. The second-order valence-electron chi connectivity index (χ2n) is 8.29. The molecule has 0 radical (unpaired) electrons. The van der Waals surface area contributed by atoms with Crippen molar-refractivity contribution in [2.45, 2.75) is 58.4 Å². The van der Waals surface area contributed by atoms with E-state index in [2.05, 4.69) is 17.2 Å². The maximum absolute atomic E-state index is 15.0. The van der Waals surface area contributed by atoms with Crippen molar-refractivity contribution in [3.63, 3.8) is 0 Å². The van der Waals surface area contributed by atoms with Gasteiger partial charge in [0.05, 0.1) is 29.3 Å². The van der Waals surface area contributed by atoms with Crippen LogP contribution in [0.2, 0.25) is 0 Å².